The van der Waals surface area contributed by atoms with E-state index in [2.05, 4.69) is 5.32 Å². The maximum atomic E-state index is 12.9. The maximum absolute atomic E-state index is 12.9. The molecule has 2 aliphatic rings. The summed E-state index contributed by atoms with van der Waals surface area (Å²) in [5.74, 6) is -0.864. The zero-order valence-corrected chi connectivity index (χ0v) is 17.4. The van der Waals surface area contributed by atoms with Gasteiger partial charge in [0.2, 0.25) is 17.7 Å². The Morgan fingerprint density at radius 3 is 2.46 bits per heavy atom. The minimum Gasteiger partial charge on any atom is -0.339 e. The Balaban J connectivity index is 1.60. The van der Waals surface area contributed by atoms with Crippen LogP contribution in [0, 0.1) is 5.92 Å². The molecule has 28 heavy (non-hydrogen) atoms. The monoisotopic (exact) mass is 425 g/mol. The smallest absolute Gasteiger partial charge is 0.244 e. The van der Waals surface area contributed by atoms with Gasteiger partial charge in [-0.1, -0.05) is 42.1 Å². The summed E-state index contributed by atoms with van der Waals surface area (Å²) < 4.78 is 0. The van der Waals surface area contributed by atoms with E-state index in [0.29, 0.717) is 28.8 Å². The van der Waals surface area contributed by atoms with Gasteiger partial charge >= 0.3 is 0 Å². The van der Waals surface area contributed by atoms with Crippen molar-refractivity contribution in [3.8, 4) is 0 Å². The van der Waals surface area contributed by atoms with Crippen molar-refractivity contribution in [1.29, 1.82) is 0 Å². The molecule has 1 heterocycles. The van der Waals surface area contributed by atoms with Gasteiger partial charge < -0.3 is 15.1 Å². The largest absolute Gasteiger partial charge is 0.339 e. The van der Waals surface area contributed by atoms with Crippen molar-refractivity contribution in [2.24, 2.45) is 5.92 Å². The Labute approximate surface area is 175 Å². The fourth-order valence-corrected chi connectivity index (χ4v) is 4.53. The quantitative estimate of drug-likeness (QED) is 0.756. The normalized spacial score (nSPS) is 19.9. The topological polar surface area (TPSA) is 69.7 Å². The van der Waals surface area contributed by atoms with E-state index in [9.17, 15) is 14.4 Å². The second-order valence-electron chi connectivity index (χ2n) is 7.38. The van der Waals surface area contributed by atoms with Crippen LogP contribution in [0.3, 0.4) is 0 Å². The zero-order chi connectivity index (χ0) is 20.3. The molecule has 1 aromatic carbocycles. The van der Waals surface area contributed by atoms with Gasteiger partial charge in [-0.25, -0.2) is 0 Å². The number of amides is 3. The van der Waals surface area contributed by atoms with Crippen molar-refractivity contribution < 1.29 is 14.4 Å². The predicted octanol–water partition coefficient (Wildman–Crippen LogP) is 3.57. The van der Waals surface area contributed by atoms with Crippen molar-refractivity contribution >= 4 is 46.6 Å². The first-order valence-corrected chi connectivity index (χ1v) is 10.5. The average Bonchev–Trinajstić information content (AvgIpc) is 3.31. The molecule has 3 rings (SSSR count). The molecule has 0 spiro atoms. The Morgan fingerprint density at radius 2 is 1.86 bits per heavy atom. The highest BCUT2D eigenvalue weighted by Crippen LogP contribution is 2.31. The van der Waals surface area contributed by atoms with Gasteiger partial charge in [-0.2, -0.15) is 0 Å². The Kier molecular flexibility index (Phi) is 6.83. The molecular weight excluding hydrogens is 401 g/mol. The Morgan fingerprint density at radius 1 is 1.21 bits per heavy atom. The molecule has 1 aliphatic carbocycles. The standard InChI is InChI=1S/C20H25Cl2N3O3/c1-2-24(12-17(26)23-19-15(21)8-5-9-16(19)22)20(28)13-10-18(27)25(11-13)14-6-3-4-7-14/h5,8-9,13-14H,2-4,6-7,10-12H2,1H3,(H,23,26). The van der Waals surface area contributed by atoms with Crippen LogP contribution >= 0.6 is 23.2 Å². The summed E-state index contributed by atoms with van der Waals surface area (Å²) >= 11 is 12.2. The number of hydrogen-bond donors (Lipinski definition) is 1. The molecule has 152 valence electrons. The van der Waals surface area contributed by atoms with Crippen molar-refractivity contribution in [3.63, 3.8) is 0 Å². The fraction of sp³-hybridized carbons (Fsp3) is 0.550. The number of para-hydroxylation sites is 1. The molecule has 1 saturated heterocycles. The van der Waals surface area contributed by atoms with Gasteiger partial charge in [-0.05, 0) is 31.9 Å². The highest BCUT2D eigenvalue weighted by molar-refractivity contribution is 6.39. The molecule has 8 heteroatoms. The van der Waals surface area contributed by atoms with Crippen LogP contribution in [0.25, 0.3) is 0 Å². The van der Waals surface area contributed by atoms with Gasteiger partial charge in [-0.15, -0.1) is 0 Å². The van der Waals surface area contributed by atoms with Crippen LogP contribution in [0.4, 0.5) is 5.69 Å². The molecule has 1 aliphatic heterocycles. The SMILES string of the molecule is CCN(CC(=O)Nc1c(Cl)cccc1Cl)C(=O)C1CC(=O)N(C2CCCC2)C1. The number of carbonyl (C=O) groups is 3. The number of carbonyl (C=O) groups excluding carboxylic acids is 3. The third-order valence-electron chi connectivity index (χ3n) is 5.53. The van der Waals surface area contributed by atoms with Crippen molar-refractivity contribution in [2.75, 3.05) is 25.0 Å². The molecule has 1 aromatic rings. The van der Waals surface area contributed by atoms with Crippen LogP contribution in [-0.4, -0.2) is 53.2 Å². The van der Waals surface area contributed by atoms with E-state index >= 15 is 0 Å². The van der Waals surface area contributed by atoms with Gasteiger partial charge in [-0.3, -0.25) is 14.4 Å². The number of nitrogens with zero attached hydrogens (tertiary/aromatic N) is 2. The number of likely N-dealkylation sites (N-methyl/N-ethyl adjacent to an activating group) is 1. The van der Waals surface area contributed by atoms with Gasteiger partial charge in [0, 0.05) is 25.6 Å². The molecule has 1 atom stereocenters. The van der Waals surface area contributed by atoms with E-state index in [1.54, 1.807) is 18.2 Å². The highest BCUT2D eigenvalue weighted by atomic mass is 35.5. The van der Waals surface area contributed by atoms with Crippen LogP contribution in [0.5, 0.6) is 0 Å². The number of nitrogens with one attached hydrogen (secondary N) is 1. The van der Waals surface area contributed by atoms with E-state index < -0.39 is 0 Å². The summed E-state index contributed by atoms with van der Waals surface area (Å²) in [6, 6.07) is 5.22. The van der Waals surface area contributed by atoms with Crippen LogP contribution in [0.2, 0.25) is 10.0 Å². The molecular formula is C20H25Cl2N3O3. The molecule has 2 fully saturated rings. The van der Waals surface area contributed by atoms with Crippen molar-refractivity contribution in [2.45, 2.75) is 45.1 Å². The summed E-state index contributed by atoms with van der Waals surface area (Å²) in [5, 5.41) is 3.35. The molecule has 0 bridgehead atoms. The molecule has 1 N–H and O–H groups in total. The first-order chi connectivity index (χ1) is 13.4. The lowest BCUT2D eigenvalue weighted by molar-refractivity contribution is -0.138. The molecule has 1 saturated carbocycles. The molecule has 1 unspecified atom stereocenters. The second-order valence-corrected chi connectivity index (χ2v) is 8.20. The lowest BCUT2D eigenvalue weighted by atomic mass is 10.1. The maximum Gasteiger partial charge on any atom is 0.244 e. The van der Waals surface area contributed by atoms with Crippen LogP contribution in [0.15, 0.2) is 18.2 Å². The number of halogens is 2. The number of anilines is 1. The third-order valence-corrected chi connectivity index (χ3v) is 6.16. The second kappa shape index (κ2) is 9.14. The van der Waals surface area contributed by atoms with E-state index in [0.717, 1.165) is 25.7 Å². The van der Waals surface area contributed by atoms with Gasteiger partial charge in [0.25, 0.3) is 0 Å². The number of likely N-dealkylation sites (tertiary alicyclic amines) is 1. The summed E-state index contributed by atoms with van der Waals surface area (Å²) in [4.78, 5) is 41.1. The molecule has 6 nitrogen and oxygen atoms in total. The molecule has 0 radical (unpaired) electrons. The van der Waals surface area contributed by atoms with E-state index in [1.165, 1.54) is 4.90 Å². The average molecular weight is 426 g/mol. The predicted molar refractivity (Wildman–Crippen MR) is 109 cm³/mol. The lowest BCUT2D eigenvalue weighted by Gasteiger charge is -2.26. The van der Waals surface area contributed by atoms with Crippen LogP contribution in [-0.2, 0) is 14.4 Å². The summed E-state index contributed by atoms with van der Waals surface area (Å²) in [5.41, 5.74) is 0.336. The van der Waals surface area contributed by atoms with Gasteiger partial charge in [0.05, 0.1) is 28.2 Å². The lowest BCUT2D eigenvalue weighted by Crippen LogP contribution is -2.42. The van der Waals surface area contributed by atoms with E-state index in [4.69, 9.17) is 23.2 Å². The zero-order valence-electron chi connectivity index (χ0n) is 15.9. The minimum absolute atomic E-state index is 0.0496. The van der Waals surface area contributed by atoms with Gasteiger partial charge in [0.15, 0.2) is 0 Å². The number of rotatable bonds is 6. The fourth-order valence-electron chi connectivity index (χ4n) is 4.04. The van der Waals surface area contributed by atoms with Gasteiger partial charge in [0.1, 0.15) is 0 Å². The summed E-state index contributed by atoms with van der Waals surface area (Å²) in [6.45, 7) is 2.55. The highest BCUT2D eigenvalue weighted by Gasteiger charge is 2.40. The van der Waals surface area contributed by atoms with E-state index in [1.807, 2.05) is 11.8 Å². The minimum atomic E-state index is -0.384. The van der Waals surface area contributed by atoms with Crippen molar-refractivity contribution in [3.05, 3.63) is 28.2 Å². The first kappa shape index (κ1) is 20.9. The first-order valence-electron chi connectivity index (χ1n) is 9.72. The molecule has 0 aromatic heterocycles. The van der Waals surface area contributed by atoms with Crippen LogP contribution in [0.1, 0.15) is 39.0 Å². The number of hydrogen-bond acceptors (Lipinski definition) is 3. The molecule has 3 amide bonds. The van der Waals surface area contributed by atoms with Crippen LogP contribution < -0.4 is 5.32 Å². The Bertz CT molecular complexity index is 745. The Hall–Kier alpha value is -1.79. The number of benzene rings is 1. The van der Waals surface area contributed by atoms with E-state index in [-0.39, 0.29) is 42.6 Å². The third kappa shape index (κ3) is 4.61. The summed E-state index contributed by atoms with van der Waals surface area (Å²) in [6.07, 6.45) is 4.54. The summed E-state index contributed by atoms with van der Waals surface area (Å²) in [7, 11) is 0. The van der Waals surface area contributed by atoms with Crippen molar-refractivity contribution in [1.82, 2.24) is 9.80 Å².